The van der Waals surface area contributed by atoms with E-state index in [0.717, 1.165) is 6.54 Å². The molecule has 0 aliphatic carbocycles. The maximum Gasteiger partial charge on any atom is 0.261 e. The predicted molar refractivity (Wildman–Crippen MR) is 72.8 cm³/mol. The van der Waals surface area contributed by atoms with Gasteiger partial charge in [-0.1, -0.05) is 0 Å². The maximum absolute atomic E-state index is 11.8. The zero-order valence-electron chi connectivity index (χ0n) is 10.0. The van der Waals surface area contributed by atoms with E-state index in [-0.39, 0.29) is 30.3 Å². The number of hydrogen-bond acceptors (Lipinski definition) is 5. The summed E-state index contributed by atoms with van der Waals surface area (Å²) in [7, 11) is 1.57. The molecule has 1 aromatic rings. The van der Waals surface area contributed by atoms with Crippen LogP contribution in [0.25, 0.3) is 0 Å². The highest BCUT2D eigenvalue weighted by molar-refractivity contribution is 7.12. The zero-order valence-corrected chi connectivity index (χ0v) is 11.6. The molecule has 1 aliphatic heterocycles. The number of β-amino-alcohol motifs (C(OH)–C–C–N with tert-alkyl or cyclic N) is 1. The molecule has 5 nitrogen and oxygen atoms in total. The van der Waals surface area contributed by atoms with Gasteiger partial charge in [-0.25, -0.2) is 0 Å². The number of carbonyl (C=O) groups is 1. The van der Waals surface area contributed by atoms with E-state index >= 15 is 0 Å². The summed E-state index contributed by atoms with van der Waals surface area (Å²) in [6, 6.07) is 1.71. The lowest BCUT2D eigenvalue weighted by Crippen LogP contribution is -2.34. The molecule has 2 unspecified atom stereocenters. The number of amides is 1. The molecule has 18 heavy (non-hydrogen) atoms. The van der Waals surface area contributed by atoms with Gasteiger partial charge in [-0.2, -0.15) is 0 Å². The van der Waals surface area contributed by atoms with Crippen LogP contribution in [0.4, 0.5) is 0 Å². The number of aliphatic hydroxyl groups is 1. The van der Waals surface area contributed by atoms with Gasteiger partial charge in [-0.15, -0.1) is 23.7 Å². The van der Waals surface area contributed by atoms with Gasteiger partial charge in [0, 0.05) is 37.0 Å². The minimum Gasteiger partial charge on any atom is -0.496 e. The van der Waals surface area contributed by atoms with Crippen molar-refractivity contribution in [3.8, 4) is 5.75 Å². The predicted octanol–water partition coefficient (Wildman–Crippen LogP) is 0.489. The first kappa shape index (κ1) is 15.2. The Hall–Kier alpha value is -0.820. The van der Waals surface area contributed by atoms with E-state index in [1.54, 1.807) is 18.6 Å². The van der Waals surface area contributed by atoms with Gasteiger partial charge in [0.05, 0.1) is 18.1 Å². The van der Waals surface area contributed by atoms with E-state index in [2.05, 4.69) is 10.6 Å². The van der Waals surface area contributed by atoms with Crippen molar-refractivity contribution in [2.45, 2.75) is 6.10 Å². The summed E-state index contributed by atoms with van der Waals surface area (Å²) in [5, 5.41) is 17.3. The number of rotatable bonds is 4. The van der Waals surface area contributed by atoms with Crippen molar-refractivity contribution in [2.24, 2.45) is 5.92 Å². The summed E-state index contributed by atoms with van der Waals surface area (Å²) in [5.74, 6) is 0.681. The Balaban J connectivity index is 0.00000162. The summed E-state index contributed by atoms with van der Waals surface area (Å²) in [5.41, 5.74) is 0. The third-order valence-corrected chi connectivity index (χ3v) is 3.77. The molecule has 1 amide bonds. The lowest BCUT2D eigenvalue weighted by molar-refractivity contribution is 0.0931. The van der Waals surface area contributed by atoms with Gasteiger partial charge in [0.2, 0.25) is 0 Å². The Morgan fingerprint density at radius 1 is 1.67 bits per heavy atom. The number of halogens is 1. The van der Waals surface area contributed by atoms with Crippen LogP contribution in [0.5, 0.6) is 5.75 Å². The van der Waals surface area contributed by atoms with E-state index in [1.807, 2.05) is 0 Å². The number of aliphatic hydroxyl groups excluding tert-OH is 1. The fourth-order valence-corrected chi connectivity index (χ4v) is 2.55. The lowest BCUT2D eigenvalue weighted by Gasteiger charge is -2.13. The van der Waals surface area contributed by atoms with Gasteiger partial charge < -0.3 is 20.5 Å². The van der Waals surface area contributed by atoms with Crippen LogP contribution in [0.3, 0.4) is 0 Å². The molecule has 0 aromatic carbocycles. The van der Waals surface area contributed by atoms with E-state index in [9.17, 15) is 9.90 Å². The standard InChI is InChI=1S/C11H16N2O3S.ClH/c1-16-8-2-10(17-6-8)11(15)13-4-7-3-12-5-9(7)14;/h2,6-7,9,12,14H,3-5H2,1H3,(H,13,15);1H. The van der Waals surface area contributed by atoms with Crippen LogP contribution in [-0.2, 0) is 0 Å². The first-order valence-electron chi connectivity index (χ1n) is 5.50. The van der Waals surface area contributed by atoms with Gasteiger partial charge in [0.1, 0.15) is 5.75 Å². The van der Waals surface area contributed by atoms with Crippen molar-refractivity contribution < 1.29 is 14.6 Å². The third-order valence-electron chi connectivity index (χ3n) is 2.86. The molecule has 0 spiro atoms. The Kier molecular flexibility index (Phi) is 5.87. The topological polar surface area (TPSA) is 70.6 Å². The van der Waals surface area contributed by atoms with Crippen LogP contribution >= 0.6 is 23.7 Å². The minimum absolute atomic E-state index is 0. The number of methoxy groups -OCH3 is 1. The molecule has 0 bridgehead atoms. The molecular weight excluding hydrogens is 276 g/mol. The van der Waals surface area contributed by atoms with Crippen molar-refractivity contribution in [3.63, 3.8) is 0 Å². The summed E-state index contributed by atoms with van der Waals surface area (Å²) >= 11 is 1.35. The first-order valence-corrected chi connectivity index (χ1v) is 6.38. The van der Waals surface area contributed by atoms with E-state index in [4.69, 9.17) is 4.74 Å². The molecule has 0 radical (unpaired) electrons. The molecule has 1 aliphatic rings. The Labute approximate surface area is 116 Å². The fraction of sp³-hybridized carbons (Fsp3) is 0.545. The number of thiophene rings is 1. The summed E-state index contributed by atoms with van der Waals surface area (Å²) in [6.07, 6.45) is -0.367. The molecule has 0 saturated carbocycles. The van der Waals surface area contributed by atoms with Gasteiger partial charge in [-0.05, 0) is 0 Å². The number of carbonyl (C=O) groups excluding carboxylic acids is 1. The molecule has 7 heteroatoms. The van der Waals surface area contributed by atoms with Crippen molar-refractivity contribution in [2.75, 3.05) is 26.7 Å². The number of ether oxygens (including phenoxy) is 1. The van der Waals surface area contributed by atoms with Crippen LogP contribution in [0.15, 0.2) is 11.4 Å². The van der Waals surface area contributed by atoms with Gasteiger partial charge in [-0.3, -0.25) is 4.79 Å². The lowest BCUT2D eigenvalue weighted by atomic mass is 10.1. The molecule has 1 aromatic heterocycles. The van der Waals surface area contributed by atoms with Crippen LogP contribution in [0.2, 0.25) is 0 Å². The molecular formula is C11H17ClN2O3S. The Morgan fingerprint density at radius 3 is 3.00 bits per heavy atom. The van der Waals surface area contributed by atoms with Crippen LogP contribution in [-0.4, -0.2) is 43.9 Å². The second-order valence-corrected chi connectivity index (χ2v) is 4.96. The molecule has 2 heterocycles. The Bertz CT molecular complexity index is 399. The van der Waals surface area contributed by atoms with Gasteiger partial charge in [0.15, 0.2) is 0 Å². The van der Waals surface area contributed by atoms with Crippen molar-refractivity contribution >= 4 is 29.7 Å². The SMILES string of the molecule is COc1csc(C(=O)NCC2CNCC2O)c1.Cl. The minimum atomic E-state index is -0.367. The van der Waals surface area contributed by atoms with Crippen molar-refractivity contribution in [1.29, 1.82) is 0 Å². The second kappa shape index (κ2) is 6.94. The summed E-state index contributed by atoms with van der Waals surface area (Å²) in [6.45, 7) is 1.84. The third kappa shape index (κ3) is 3.58. The highest BCUT2D eigenvalue weighted by Gasteiger charge is 2.25. The van der Waals surface area contributed by atoms with Crippen molar-refractivity contribution in [3.05, 3.63) is 16.3 Å². The number of hydrogen-bond donors (Lipinski definition) is 3. The molecule has 1 saturated heterocycles. The molecule has 3 N–H and O–H groups in total. The second-order valence-electron chi connectivity index (χ2n) is 4.05. The average Bonchev–Trinajstić information content (AvgIpc) is 2.94. The molecule has 2 atom stereocenters. The number of nitrogens with one attached hydrogen (secondary N) is 2. The van der Waals surface area contributed by atoms with Crippen LogP contribution in [0.1, 0.15) is 9.67 Å². The highest BCUT2D eigenvalue weighted by Crippen LogP contribution is 2.20. The van der Waals surface area contributed by atoms with E-state index in [1.165, 1.54) is 11.3 Å². The molecule has 2 rings (SSSR count). The highest BCUT2D eigenvalue weighted by atomic mass is 35.5. The normalized spacial score (nSPS) is 22.3. The zero-order chi connectivity index (χ0) is 12.3. The Morgan fingerprint density at radius 2 is 2.44 bits per heavy atom. The fourth-order valence-electron chi connectivity index (χ4n) is 1.78. The molecule has 102 valence electrons. The van der Waals surface area contributed by atoms with Crippen LogP contribution in [0, 0.1) is 5.92 Å². The van der Waals surface area contributed by atoms with E-state index < -0.39 is 0 Å². The quantitative estimate of drug-likeness (QED) is 0.755. The van der Waals surface area contributed by atoms with Gasteiger partial charge in [0.25, 0.3) is 5.91 Å². The van der Waals surface area contributed by atoms with Crippen LogP contribution < -0.4 is 15.4 Å². The average molecular weight is 293 g/mol. The first-order chi connectivity index (χ1) is 8.20. The smallest absolute Gasteiger partial charge is 0.261 e. The van der Waals surface area contributed by atoms with Crippen molar-refractivity contribution in [1.82, 2.24) is 10.6 Å². The summed E-state index contributed by atoms with van der Waals surface area (Å²) < 4.78 is 5.02. The van der Waals surface area contributed by atoms with Gasteiger partial charge >= 0.3 is 0 Å². The molecule has 1 fully saturated rings. The summed E-state index contributed by atoms with van der Waals surface area (Å²) in [4.78, 5) is 12.4. The largest absolute Gasteiger partial charge is 0.496 e. The van der Waals surface area contributed by atoms with E-state index in [0.29, 0.717) is 23.7 Å². The monoisotopic (exact) mass is 292 g/mol. The maximum atomic E-state index is 11.8.